The van der Waals surface area contributed by atoms with Crippen LogP contribution in [0.25, 0.3) is 11.1 Å². The van der Waals surface area contributed by atoms with Gasteiger partial charge in [-0.15, -0.1) is 0 Å². The van der Waals surface area contributed by atoms with Crippen LogP contribution < -0.4 is 0 Å². The van der Waals surface area contributed by atoms with Crippen molar-refractivity contribution in [3.63, 3.8) is 0 Å². The maximum absolute atomic E-state index is 5.45. The quantitative estimate of drug-likeness (QED) is 0.687. The Bertz CT molecular complexity index is 395. The molecule has 2 nitrogen and oxygen atoms in total. The normalized spacial score (nSPS) is 11.7. The molecule has 0 amide bonds. The summed E-state index contributed by atoms with van der Waals surface area (Å²) in [6, 6.07) is 0. The first kappa shape index (κ1) is 7.47. The van der Waals surface area contributed by atoms with Gasteiger partial charge in [-0.2, -0.15) is 0 Å². The summed E-state index contributed by atoms with van der Waals surface area (Å²) in [7, 11) is 0. The third-order valence-corrected chi connectivity index (χ3v) is 2.23. The molecule has 0 radical (unpaired) electrons. The van der Waals surface area contributed by atoms with Crippen LogP contribution in [0.4, 0.5) is 0 Å². The van der Waals surface area contributed by atoms with E-state index in [-0.39, 0.29) is 0 Å². The van der Waals surface area contributed by atoms with Crippen LogP contribution in [0, 0.1) is 6.92 Å². The zero-order chi connectivity index (χ0) is 8.72. The van der Waals surface area contributed by atoms with Gasteiger partial charge in [-0.3, -0.25) is 0 Å². The van der Waals surface area contributed by atoms with Gasteiger partial charge in [0.1, 0.15) is 0 Å². The van der Waals surface area contributed by atoms with Gasteiger partial charge in [0.25, 0.3) is 0 Å². The summed E-state index contributed by atoms with van der Waals surface area (Å²) < 4.78 is 5.45. The van der Waals surface area contributed by atoms with Crippen molar-refractivity contribution in [2.24, 2.45) is 0 Å². The highest BCUT2D eigenvalue weighted by Crippen LogP contribution is 2.28. The minimum atomic E-state index is 0.518. The van der Waals surface area contributed by atoms with E-state index in [9.17, 15) is 0 Å². The number of fused-ring (bicyclic) bond motifs is 1. The van der Waals surface area contributed by atoms with E-state index in [0.717, 1.165) is 11.1 Å². The maximum atomic E-state index is 5.45. The summed E-state index contributed by atoms with van der Waals surface area (Å²) >= 11 is 0. The number of nitrogens with one attached hydrogen (secondary N) is 1. The van der Waals surface area contributed by atoms with Crippen molar-refractivity contribution in [3.8, 4) is 0 Å². The first-order valence-electron chi connectivity index (χ1n) is 4.25. The Morgan fingerprint density at radius 1 is 1.42 bits per heavy atom. The van der Waals surface area contributed by atoms with E-state index in [4.69, 9.17) is 4.42 Å². The van der Waals surface area contributed by atoms with Crippen LogP contribution >= 0.6 is 0 Å². The molecule has 12 heavy (non-hydrogen) atoms. The number of aromatic nitrogens is 1. The van der Waals surface area contributed by atoms with Gasteiger partial charge in [0.05, 0.1) is 11.8 Å². The van der Waals surface area contributed by atoms with Gasteiger partial charge in [0, 0.05) is 17.3 Å². The van der Waals surface area contributed by atoms with Gasteiger partial charge in [-0.1, -0.05) is 13.8 Å². The minimum absolute atomic E-state index is 0.518. The largest absolute Gasteiger partial charge is 0.462 e. The van der Waals surface area contributed by atoms with Crippen LogP contribution in [0.2, 0.25) is 0 Å². The molecule has 2 heteroatoms. The molecule has 2 aromatic rings. The Kier molecular flexibility index (Phi) is 1.50. The zero-order valence-electron chi connectivity index (χ0n) is 7.64. The van der Waals surface area contributed by atoms with Crippen LogP contribution in [0.5, 0.6) is 0 Å². The van der Waals surface area contributed by atoms with E-state index in [1.807, 2.05) is 19.4 Å². The number of H-pyrrole nitrogens is 1. The van der Waals surface area contributed by atoms with E-state index in [0.29, 0.717) is 5.92 Å². The summed E-state index contributed by atoms with van der Waals surface area (Å²) in [6.07, 6.45) is 3.83. The summed E-state index contributed by atoms with van der Waals surface area (Å²) in [5, 5.41) is 0. The third kappa shape index (κ3) is 0.876. The topological polar surface area (TPSA) is 28.9 Å². The molecule has 0 aliphatic rings. The fraction of sp³-hybridized carbons (Fsp3) is 0.400. The number of rotatable bonds is 1. The molecule has 1 N–H and O–H groups in total. The number of aromatic amines is 1. The number of hydrogen-bond donors (Lipinski definition) is 1. The van der Waals surface area contributed by atoms with Gasteiger partial charge >= 0.3 is 0 Å². The van der Waals surface area contributed by atoms with Crippen molar-refractivity contribution in [2.75, 3.05) is 0 Å². The molecule has 2 rings (SSSR count). The van der Waals surface area contributed by atoms with Crippen LogP contribution in [0.1, 0.15) is 30.9 Å². The third-order valence-electron chi connectivity index (χ3n) is 2.23. The van der Waals surface area contributed by atoms with E-state index in [2.05, 4.69) is 18.8 Å². The highest BCUT2D eigenvalue weighted by Gasteiger charge is 2.11. The Morgan fingerprint density at radius 2 is 2.17 bits per heavy atom. The molecule has 0 aromatic carbocycles. The minimum Gasteiger partial charge on any atom is -0.462 e. The van der Waals surface area contributed by atoms with Gasteiger partial charge in [0.15, 0.2) is 5.58 Å². The summed E-state index contributed by atoms with van der Waals surface area (Å²) in [4.78, 5) is 3.22. The fourth-order valence-electron chi connectivity index (χ4n) is 1.48. The number of furan rings is 1. The Morgan fingerprint density at radius 3 is 2.83 bits per heavy atom. The Labute approximate surface area is 71.6 Å². The molecule has 64 valence electrons. The van der Waals surface area contributed by atoms with E-state index < -0.39 is 0 Å². The van der Waals surface area contributed by atoms with E-state index >= 15 is 0 Å². The highest BCUT2D eigenvalue weighted by atomic mass is 16.3. The maximum Gasteiger partial charge on any atom is 0.154 e. The second-order valence-electron chi connectivity index (χ2n) is 3.52. The lowest BCUT2D eigenvalue weighted by molar-refractivity contribution is 0.604. The zero-order valence-corrected chi connectivity index (χ0v) is 7.64. The SMILES string of the molecule is Cc1c[nH]c2c(C(C)C)coc12. The average Bonchev–Trinajstić information content (AvgIpc) is 2.53. The summed E-state index contributed by atoms with van der Waals surface area (Å²) in [6.45, 7) is 6.38. The lowest BCUT2D eigenvalue weighted by atomic mass is 10.1. The Balaban J connectivity index is 2.71. The number of aryl methyl sites for hydroxylation is 1. The van der Waals surface area contributed by atoms with Crippen LogP contribution in [0.3, 0.4) is 0 Å². The van der Waals surface area contributed by atoms with Crippen LogP contribution in [-0.4, -0.2) is 4.98 Å². The Hall–Kier alpha value is -1.18. The molecule has 0 spiro atoms. The van der Waals surface area contributed by atoms with Crippen molar-refractivity contribution < 1.29 is 4.42 Å². The summed E-state index contributed by atoms with van der Waals surface area (Å²) in [5.41, 5.74) is 4.59. The molecule has 0 saturated heterocycles. The molecule has 0 unspecified atom stereocenters. The second kappa shape index (κ2) is 2.41. The first-order valence-corrected chi connectivity index (χ1v) is 4.25. The predicted molar refractivity (Wildman–Crippen MR) is 49.4 cm³/mol. The smallest absolute Gasteiger partial charge is 0.154 e. The molecule has 0 saturated carbocycles. The lowest BCUT2D eigenvalue weighted by Gasteiger charge is -1.97. The van der Waals surface area contributed by atoms with Gasteiger partial charge in [0.2, 0.25) is 0 Å². The van der Waals surface area contributed by atoms with Crippen molar-refractivity contribution in [2.45, 2.75) is 26.7 Å². The van der Waals surface area contributed by atoms with Crippen molar-refractivity contribution >= 4 is 11.1 Å². The lowest BCUT2D eigenvalue weighted by Crippen LogP contribution is -1.83. The van der Waals surface area contributed by atoms with E-state index in [1.165, 1.54) is 11.1 Å². The fourth-order valence-corrected chi connectivity index (χ4v) is 1.48. The molecular weight excluding hydrogens is 150 g/mol. The molecule has 0 atom stereocenters. The molecule has 0 fully saturated rings. The van der Waals surface area contributed by atoms with Crippen molar-refractivity contribution in [3.05, 3.63) is 23.6 Å². The average molecular weight is 163 g/mol. The molecule has 0 aliphatic carbocycles. The monoisotopic (exact) mass is 163 g/mol. The van der Waals surface area contributed by atoms with Crippen LogP contribution in [-0.2, 0) is 0 Å². The van der Waals surface area contributed by atoms with Crippen LogP contribution in [0.15, 0.2) is 16.9 Å². The second-order valence-corrected chi connectivity index (χ2v) is 3.52. The van der Waals surface area contributed by atoms with Crippen molar-refractivity contribution in [1.29, 1.82) is 0 Å². The highest BCUT2D eigenvalue weighted by molar-refractivity contribution is 5.80. The van der Waals surface area contributed by atoms with E-state index in [1.54, 1.807) is 0 Å². The first-order chi connectivity index (χ1) is 5.70. The molecule has 0 bridgehead atoms. The summed E-state index contributed by atoms with van der Waals surface area (Å²) in [5.74, 6) is 0.518. The van der Waals surface area contributed by atoms with Gasteiger partial charge in [-0.25, -0.2) is 0 Å². The molecule has 2 aromatic heterocycles. The van der Waals surface area contributed by atoms with Gasteiger partial charge < -0.3 is 9.40 Å². The standard InChI is InChI=1S/C10H13NO/c1-6(2)8-5-12-10-7(3)4-11-9(8)10/h4-6,11H,1-3H3. The van der Waals surface area contributed by atoms with Gasteiger partial charge in [-0.05, 0) is 12.8 Å². The molecule has 0 aliphatic heterocycles. The number of hydrogen-bond acceptors (Lipinski definition) is 1. The molecule has 2 heterocycles. The van der Waals surface area contributed by atoms with Crippen molar-refractivity contribution in [1.82, 2.24) is 4.98 Å². The molecular formula is C10H13NO. The predicted octanol–water partition coefficient (Wildman–Crippen LogP) is 3.19.